The number of carbonyl (C=O) groups is 1. The van der Waals surface area contributed by atoms with Crippen LogP contribution in [0.5, 0.6) is 5.75 Å². The van der Waals surface area contributed by atoms with E-state index >= 15 is 4.39 Å². The van der Waals surface area contributed by atoms with Gasteiger partial charge in [0.2, 0.25) is 5.95 Å². The number of nitrogens with zero attached hydrogens (tertiary/aromatic N) is 4. The van der Waals surface area contributed by atoms with E-state index in [1.807, 2.05) is 11.0 Å². The molecule has 1 aliphatic heterocycles. The number of aromatic amines is 1. The third-order valence-corrected chi connectivity index (χ3v) is 7.39. The van der Waals surface area contributed by atoms with Crippen molar-refractivity contribution < 1.29 is 13.9 Å². The number of rotatable bonds is 8. The number of carbonyl (C=O) groups excluding carboxylic acids is 1. The lowest BCUT2D eigenvalue weighted by molar-refractivity contribution is 0.100. The van der Waals surface area contributed by atoms with Gasteiger partial charge in [0.15, 0.2) is 0 Å². The summed E-state index contributed by atoms with van der Waals surface area (Å²) in [5.74, 6) is 0.283. The Labute approximate surface area is 217 Å². The van der Waals surface area contributed by atoms with Gasteiger partial charge in [0, 0.05) is 50.6 Å². The first-order chi connectivity index (χ1) is 17.8. The van der Waals surface area contributed by atoms with Crippen LogP contribution in [0.2, 0.25) is 0 Å². The van der Waals surface area contributed by atoms with Gasteiger partial charge in [-0.05, 0) is 31.4 Å². The van der Waals surface area contributed by atoms with Gasteiger partial charge < -0.3 is 31.0 Å². The Morgan fingerprint density at radius 3 is 2.65 bits per heavy atom. The number of nitrogens with one attached hydrogen (secondary N) is 3. The number of anilines is 5. The monoisotopic (exact) mass is 524 g/mol. The number of hydrogen-bond acceptors (Lipinski definition) is 9. The molecule has 4 aromatic rings. The summed E-state index contributed by atoms with van der Waals surface area (Å²) in [5, 5.41) is 8.76. The molecule has 0 bridgehead atoms. The number of methoxy groups -OCH3 is 1. The molecule has 5 rings (SSSR count). The highest BCUT2D eigenvalue weighted by atomic mass is 32.1. The largest absolute Gasteiger partial charge is 0.494 e. The molecule has 12 heteroatoms. The third kappa shape index (κ3) is 5.02. The molecule has 3 aromatic heterocycles. The number of amides is 1. The van der Waals surface area contributed by atoms with Crippen molar-refractivity contribution in [2.75, 3.05) is 48.8 Å². The van der Waals surface area contributed by atoms with Crippen LogP contribution in [0.25, 0.3) is 11.0 Å². The molecule has 1 aliphatic rings. The quantitative estimate of drug-likeness (QED) is 0.269. The molecule has 0 unspecified atom stereocenters. The Morgan fingerprint density at radius 1 is 1.16 bits per heavy atom. The summed E-state index contributed by atoms with van der Waals surface area (Å²) >= 11 is 1.24. The number of thiophene rings is 1. The molecule has 0 radical (unpaired) electrons. The molecule has 0 spiro atoms. The smallest absolute Gasteiger partial charge is 0.260 e. The molecule has 194 valence electrons. The molecule has 1 amide bonds. The van der Waals surface area contributed by atoms with Gasteiger partial charge in [-0.1, -0.05) is 0 Å². The van der Waals surface area contributed by atoms with Crippen molar-refractivity contribution in [2.24, 2.45) is 5.73 Å². The topological polar surface area (TPSA) is 124 Å². The molecule has 1 saturated heterocycles. The zero-order valence-electron chi connectivity index (χ0n) is 20.8. The molecular weight excluding hydrogens is 495 g/mol. The first-order valence-corrected chi connectivity index (χ1v) is 12.8. The average molecular weight is 525 g/mol. The SMILES string of the molecule is COc1cc(N2CCN(C(C)C)CC2)c(F)cc1Nc1nc(Nc2ccsc2C(N)=O)c2cc[nH]c2n1. The average Bonchev–Trinajstić information content (AvgIpc) is 3.54. The second-order valence-electron chi connectivity index (χ2n) is 9.03. The molecule has 0 atom stereocenters. The molecule has 0 saturated carbocycles. The molecule has 10 nitrogen and oxygen atoms in total. The summed E-state index contributed by atoms with van der Waals surface area (Å²) in [6.07, 6.45) is 1.74. The van der Waals surface area contributed by atoms with Crippen molar-refractivity contribution in [2.45, 2.75) is 19.9 Å². The van der Waals surface area contributed by atoms with Crippen LogP contribution in [0, 0.1) is 5.82 Å². The maximum atomic E-state index is 15.3. The molecule has 1 fully saturated rings. The van der Waals surface area contributed by atoms with E-state index in [0.717, 1.165) is 31.6 Å². The lowest BCUT2D eigenvalue weighted by Gasteiger charge is -2.38. The molecule has 4 heterocycles. The van der Waals surface area contributed by atoms with Crippen molar-refractivity contribution in [1.29, 1.82) is 0 Å². The highest BCUT2D eigenvalue weighted by Crippen LogP contribution is 2.36. The van der Waals surface area contributed by atoms with Crippen molar-refractivity contribution in [3.63, 3.8) is 0 Å². The second kappa shape index (κ2) is 10.2. The van der Waals surface area contributed by atoms with E-state index in [0.29, 0.717) is 45.2 Å². The van der Waals surface area contributed by atoms with E-state index < -0.39 is 5.91 Å². The van der Waals surface area contributed by atoms with Gasteiger partial charge in [-0.2, -0.15) is 9.97 Å². The van der Waals surface area contributed by atoms with Gasteiger partial charge in [-0.25, -0.2) is 4.39 Å². The zero-order chi connectivity index (χ0) is 26.1. The minimum atomic E-state index is -0.527. The highest BCUT2D eigenvalue weighted by molar-refractivity contribution is 7.12. The maximum Gasteiger partial charge on any atom is 0.260 e. The predicted octanol–water partition coefficient (Wildman–Crippen LogP) is 4.28. The van der Waals surface area contributed by atoms with Gasteiger partial charge >= 0.3 is 0 Å². The van der Waals surface area contributed by atoms with Crippen LogP contribution in [0.4, 0.5) is 33.2 Å². The number of ether oxygens (including phenoxy) is 1. The van der Waals surface area contributed by atoms with Crippen LogP contribution in [0.3, 0.4) is 0 Å². The van der Waals surface area contributed by atoms with Crippen LogP contribution < -0.4 is 26.0 Å². The van der Waals surface area contributed by atoms with Crippen LogP contribution in [-0.2, 0) is 0 Å². The van der Waals surface area contributed by atoms with E-state index in [1.165, 1.54) is 17.4 Å². The van der Waals surface area contributed by atoms with Crippen molar-refractivity contribution in [3.05, 3.63) is 46.5 Å². The van der Waals surface area contributed by atoms with E-state index in [2.05, 4.69) is 44.3 Å². The fourth-order valence-electron chi connectivity index (χ4n) is 4.47. The van der Waals surface area contributed by atoms with Crippen LogP contribution >= 0.6 is 11.3 Å². The minimum absolute atomic E-state index is 0.226. The first-order valence-electron chi connectivity index (χ1n) is 12.0. The fraction of sp³-hybridized carbons (Fsp3) is 0.320. The Kier molecular flexibility index (Phi) is 6.85. The second-order valence-corrected chi connectivity index (χ2v) is 9.95. The number of halogens is 1. The summed E-state index contributed by atoms with van der Waals surface area (Å²) in [6.45, 7) is 7.57. The molecule has 1 aromatic carbocycles. The van der Waals surface area contributed by atoms with Gasteiger partial charge in [0.25, 0.3) is 5.91 Å². The van der Waals surface area contributed by atoms with Crippen LogP contribution in [-0.4, -0.2) is 65.1 Å². The summed E-state index contributed by atoms with van der Waals surface area (Å²) in [4.78, 5) is 28.8. The fourth-order valence-corrected chi connectivity index (χ4v) is 5.17. The zero-order valence-corrected chi connectivity index (χ0v) is 21.7. The van der Waals surface area contributed by atoms with E-state index in [-0.39, 0.29) is 11.8 Å². The molecular formula is C25H29FN8O2S. The van der Waals surface area contributed by atoms with E-state index in [1.54, 1.807) is 30.8 Å². The molecule has 0 aliphatic carbocycles. The maximum absolute atomic E-state index is 15.3. The number of nitrogens with two attached hydrogens (primary N) is 1. The lowest BCUT2D eigenvalue weighted by Crippen LogP contribution is -2.49. The van der Waals surface area contributed by atoms with E-state index in [4.69, 9.17) is 10.5 Å². The van der Waals surface area contributed by atoms with Crippen molar-refractivity contribution in [1.82, 2.24) is 19.9 Å². The van der Waals surface area contributed by atoms with Gasteiger partial charge in [0.1, 0.15) is 27.9 Å². The normalized spacial score (nSPS) is 14.4. The van der Waals surface area contributed by atoms with Crippen molar-refractivity contribution in [3.8, 4) is 5.75 Å². The third-order valence-electron chi connectivity index (χ3n) is 6.46. The first kappa shape index (κ1) is 24.8. The number of piperazine rings is 1. The summed E-state index contributed by atoms with van der Waals surface area (Å²) in [5.41, 5.74) is 7.51. The number of benzene rings is 1. The summed E-state index contributed by atoms with van der Waals surface area (Å²) in [7, 11) is 1.54. The summed E-state index contributed by atoms with van der Waals surface area (Å²) in [6, 6.07) is 7.16. The number of hydrogen-bond donors (Lipinski definition) is 4. The van der Waals surface area contributed by atoms with Crippen molar-refractivity contribution >= 4 is 57.1 Å². The Bertz CT molecular complexity index is 1430. The minimum Gasteiger partial charge on any atom is -0.494 e. The van der Waals surface area contributed by atoms with Crippen LogP contribution in [0.15, 0.2) is 35.8 Å². The highest BCUT2D eigenvalue weighted by Gasteiger charge is 2.23. The standard InChI is InChI=1S/C25H29FN8O2S/c1-14(2)33-7-9-34(10-8-33)19-13-20(36-3)18(12-16(19)26)30-25-31-23-15(4-6-28-23)24(32-25)29-17-5-11-37-21(17)22(27)35/h4-6,11-14H,7-10H2,1-3H3,(H2,27,35)(H3,28,29,30,31,32). The Balaban J connectivity index is 1.43. The van der Waals surface area contributed by atoms with Gasteiger partial charge in [-0.15, -0.1) is 11.3 Å². The van der Waals surface area contributed by atoms with Gasteiger partial charge in [-0.3, -0.25) is 9.69 Å². The Hall–Kier alpha value is -3.90. The predicted molar refractivity (Wildman–Crippen MR) is 145 cm³/mol. The summed E-state index contributed by atoms with van der Waals surface area (Å²) < 4.78 is 20.9. The van der Waals surface area contributed by atoms with Crippen LogP contribution in [0.1, 0.15) is 23.5 Å². The number of primary amides is 1. The lowest BCUT2D eigenvalue weighted by atomic mass is 10.2. The van der Waals surface area contributed by atoms with E-state index in [9.17, 15) is 4.79 Å². The number of fused-ring (bicyclic) bond motifs is 1. The van der Waals surface area contributed by atoms with Gasteiger partial charge in [0.05, 0.1) is 29.6 Å². The Morgan fingerprint density at radius 2 is 1.95 bits per heavy atom. The number of aromatic nitrogens is 3. The molecule has 37 heavy (non-hydrogen) atoms. The number of H-pyrrole nitrogens is 1. The molecule has 5 N–H and O–H groups in total.